The van der Waals surface area contributed by atoms with Gasteiger partial charge in [0.1, 0.15) is 0 Å². The molecule has 1 heterocycles. The Morgan fingerprint density at radius 1 is 1.04 bits per heavy atom. The Morgan fingerprint density at radius 3 is 2.40 bits per heavy atom. The molecule has 0 saturated carbocycles. The maximum atomic E-state index is 12.1. The fraction of sp³-hybridized carbons (Fsp3) is 0.250. The Balaban J connectivity index is 1.68. The molecule has 0 saturated heterocycles. The van der Waals surface area contributed by atoms with Gasteiger partial charge in [-0.15, -0.1) is 11.3 Å². The van der Waals surface area contributed by atoms with Crippen LogP contribution in [0.2, 0.25) is 0 Å². The number of amides is 2. The van der Waals surface area contributed by atoms with Crippen molar-refractivity contribution in [2.45, 2.75) is 11.3 Å². The molecule has 2 rings (SSSR count). The van der Waals surface area contributed by atoms with Gasteiger partial charge >= 0.3 is 0 Å². The first kappa shape index (κ1) is 19.6. The van der Waals surface area contributed by atoms with Crippen molar-refractivity contribution in [2.75, 3.05) is 18.8 Å². The average Bonchev–Trinajstić information content (AvgIpc) is 3.04. The van der Waals surface area contributed by atoms with Gasteiger partial charge in [0, 0.05) is 6.54 Å². The summed E-state index contributed by atoms with van der Waals surface area (Å²) in [6.07, 6.45) is 0.300. The number of thiophene rings is 1. The average molecular weight is 445 g/mol. The second-order valence-electron chi connectivity index (χ2n) is 5.12. The Morgan fingerprint density at radius 2 is 1.76 bits per heavy atom. The van der Waals surface area contributed by atoms with E-state index >= 15 is 0 Å². The van der Waals surface area contributed by atoms with E-state index in [0.29, 0.717) is 11.3 Å². The van der Waals surface area contributed by atoms with Crippen LogP contribution in [-0.2, 0) is 14.6 Å². The monoisotopic (exact) mass is 444 g/mol. The zero-order valence-electron chi connectivity index (χ0n) is 13.2. The summed E-state index contributed by atoms with van der Waals surface area (Å²) in [5.74, 6) is -0.731. The van der Waals surface area contributed by atoms with Crippen LogP contribution in [0.15, 0.2) is 51.1 Å². The van der Waals surface area contributed by atoms with Gasteiger partial charge in [0.2, 0.25) is 5.91 Å². The molecule has 9 heteroatoms. The number of hydrogen-bond donors (Lipinski definition) is 2. The van der Waals surface area contributed by atoms with Crippen molar-refractivity contribution in [1.82, 2.24) is 10.6 Å². The smallest absolute Gasteiger partial charge is 0.261 e. The van der Waals surface area contributed by atoms with Crippen LogP contribution in [0.25, 0.3) is 0 Å². The van der Waals surface area contributed by atoms with Crippen molar-refractivity contribution in [3.63, 3.8) is 0 Å². The lowest BCUT2D eigenvalue weighted by Gasteiger charge is -2.07. The van der Waals surface area contributed by atoms with Crippen LogP contribution >= 0.6 is 27.3 Å². The van der Waals surface area contributed by atoms with Gasteiger partial charge in [0.15, 0.2) is 9.84 Å². The number of halogens is 1. The molecule has 1 aromatic carbocycles. The summed E-state index contributed by atoms with van der Waals surface area (Å²) in [7, 11) is -3.34. The Hall–Kier alpha value is -1.71. The standard InChI is InChI=1S/C16H17BrN2O4S2/c17-14-8-7-13(24-14)16(21)19-11-15(20)18-9-4-10-25(22,23)12-5-2-1-3-6-12/h1-3,5-8H,4,9-11H2,(H,18,20)(H,19,21). The van der Waals surface area contributed by atoms with Gasteiger partial charge in [-0.25, -0.2) is 8.42 Å². The normalized spacial score (nSPS) is 11.1. The number of nitrogens with one attached hydrogen (secondary N) is 2. The first-order chi connectivity index (χ1) is 11.9. The van der Waals surface area contributed by atoms with E-state index in [4.69, 9.17) is 0 Å². The molecule has 0 aliphatic heterocycles. The molecule has 2 amide bonds. The van der Waals surface area contributed by atoms with Crippen LogP contribution in [0.3, 0.4) is 0 Å². The molecular formula is C16H17BrN2O4S2. The Kier molecular flexibility index (Phi) is 7.15. The number of carbonyl (C=O) groups excluding carboxylic acids is 2. The Bertz CT molecular complexity index is 835. The highest BCUT2D eigenvalue weighted by Crippen LogP contribution is 2.21. The van der Waals surface area contributed by atoms with E-state index in [0.717, 1.165) is 3.79 Å². The summed E-state index contributed by atoms with van der Waals surface area (Å²) in [5, 5.41) is 5.11. The molecule has 1 aromatic heterocycles. The molecule has 0 aliphatic carbocycles. The first-order valence-electron chi connectivity index (χ1n) is 7.46. The SMILES string of the molecule is O=C(CNC(=O)c1ccc(Br)s1)NCCCS(=O)(=O)c1ccccc1. The largest absolute Gasteiger partial charge is 0.355 e. The molecule has 0 bridgehead atoms. The van der Waals surface area contributed by atoms with E-state index in [-0.39, 0.29) is 35.6 Å². The number of rotatable bonds is 8. The molecule has 25 heavy (non-hydrogen) atoms. The maximum Gasteiger partial charge on any atom is 0.261 e. The van der Waals surface area contributed by atoms with E-state index < -0.39 is 9.84 Å². The van der Waals surface area contributed by atoms with Gasteiger partial charge < -0.3 is 10.6 Å². The topological polar surface area (TPSA) is 92.3 Å². The molecule has 0 spiro atoms. The molecule has 0 aliphatic rings. The summed E-state index contributed by atoms with van der Waals surface area (Å²) in [6, 6.07) is 11.6. The highest BCUT2D eigenvalue weighted by molar-refractivity contribution is 9.11. The minimum absolute atomic E-state index is 0.0487. The lowest BCUT2D eigenvalue weighted by molar-refractivity contribution is -0.120. The summed E-state index contributed by atoms with van der Waals surface area (Å²) in [5.41, 5.74) is 0. The number of sulfone groups is 1. The van der Waals surface area contributed by atoms with Crippen LogP contribution in [0.5, 0.6) is 0 Å². The van der Waals surface area contributed by atoms with E-state index in [1.165, 1.54) is 11.3 Å². The molecule has 134 valence electrons. The van der Waals surface area contributed by atoms with Crippen molar-refractivity contribution >= 4 is 48.9 Å². The Labute approximate surface area is 158 Å². The van der Waals surface area contributed by atoms with Gasteiger partial charge in [0.05, 0.1) is 25.9 Å². The minimum Gasteiger partial charge on any atom is -0.355 e. The van der Waals surface area contributed by atoms with Crippen molar-refractivity contribution in [2.24, 2.45) is 0 Å². The predicted octanol–water partition coefficient (Wildman–Crippen LogP) is 2.22. The third-order valence-electron chi connectivity index (χ3n) is 3.22. The zero-order valence-corrected chi connectivity index (χ0v) is 16.4. The van der Waals surface area contributed by atoms with Crippen molar-refractivity contribution in [1.29, 1.82) is 0 Å². The van der Waals surface area contributed by atoms with E-state index in [1.54, 1.807) is 42.5 Å². The third kappa shape index (κ3) is 6.26. The summed E-state index contributed by atoms with van der Waals surface area (Å²) >= 11 is 4.54. The molecule has 6 nitrogen and oxygen atoms in total. The number of benzene rings is 1. The van der Waals surface area contributed by atoms with E-state index in [9.17, 15) is 18.0 Å². The minimum atomic E-state index is -3.34. The maximum absolute atomic E-state index is 12.1. The van der Waals surface area contributed by atoms with Crippen LogP contribution in [0.1, 0.15) is 16.1 Å². The first-order valence-corrected chi connectivity index (χ1v) is 10.7. The van der Waals surface area contributed by atoms with Crippen molar-refractivity contribution < 1.29 is 18.0 Å². The summed E-state index contributed by atoms with van der Waals surface area (Å²) < 4.78 is 25.0. The molecule has 2 N–H and O–H groups in total. The quantitative estimate of drug-likeness (QED) is 0.610. The van der Waals surface area contributed by atoms with Gasteiger partial charge in [0.25, 0.3) is 5.91 Å². The van der Waals surface area contributed by atoms with Crippen LogP contribution in [0, 0.1) is 0 Å². The molecule has 0 radical (unpaired) electrons. The lowest BCUT2D eigenvalue weighted by Crippen LogP contribution is -2.37. The van der Waals surface area contributed by atoms with Crippen LogP contribution in [-0.4, -0.2) is 39.1 Å². The van der Waals surface area contributed by atoms with Gasteiger partial charge in [-0.3, -0.25) is 9.59 Å². The number of carbonyl (C=O) groups is 2. The third-order valence-corrected chi connectivity index (χ3v) is 6.66. The fourth-order valence-electron chi connectivity index (χ4n) is 1.98. The summed E-state index contributed by atoms with van der Waals surface area (Å²) in [6.45, 7) is 0.0745. The predicted molar refractivity (Wildman–Crippen MR) is 100 cm³/mol. The van der Waals surface area contributed by atoms with Crippen LogP contribution < -0.4 is 10.6 Å². The molecule has 2 aromatic rings. The number of hydrogen-bond acceptors (Lipinski definition) is 5. The zero-order chi connectivity index (χ0) is 18.3. The van der Waals surface area contributed by atoms with E-state index in [2.05, 4.69) is 26.6 Å². The van der Waals surface area contributed by atoms with Crippen molar-refractivity contribution in [3.05, 3.63) is 51.1 Å². The van der Waals surface area contributed by atoms with E-state index in [1.807, 2.05) is 0 Å². The molecule has 0 unspecified atom stereocenters. The van der Waals surface area contributed by atoms with Crippen LogP contribution in [0.4, 0.5) is 0 Å². The second kappa shape index (κ2) is 9.12. The highest BCUT2D eigenvalue weighted by Gasteiger charge is 2.14. The van der Waals surface area contributed by atoms with Gasteiger partial charge in [-0.2, -0.15) is 0 Å². The fourth-order valence-corrected chi connectivity index (χ4v) is 4.62. The van der Waals surface area contributed by atoms with Crippen molar-refractivity contribution in [3.8, 4) is 0 Å². The second-order valence-corrected chi connectivity index (χ2v) is 9.69. The molecular weight excluding hydrogens is 428 g/mol. The molecule has 0 atom stereocenters. The van der Waals surface area contributed by atoms with Gasteiger partial charge in [-0.1, -0.05) is 18.2 Å². The molecule has 0 fully saturated rings. The van der Waals surface area contributed by atoms with Gasteiger partial charge in [-0.05, 0) is 46.6 Å². The highest BCUT2D eigenvalue weighted by atomic mass is 79.9. The lowest BCUT2D eigenvalue weighted by atomic mass is 10.4. The summed E-state index contributed by atoms with van der Waals surface area (Å²) in [4.78, 5) is 24.3.